The number of rotatable bonds is 4. The van der Waals surface area contributed by atoms with Gasteiger partial charge in [0.15, 0.2) is 17.4 Å². The Hall–Kier alpha value is -2.34. The molecule has 1 saturated heterocycles. The molecule has 6 N–H and O–H groups in total. The lowest BCUT2D eigenvalue weighted by Crippen LogP contribution is -2.39. The third-order valence-electron chi connectivity index (χ3n) is 4.07. The highest BCUT2D eigenvalue weighted by atomic mass is 16.5. The number of ether oxygens (including phenoxy) is 1. The van der Waals surface area contributed by atoms with Crippen LogP contribution in [-0.4, -0.2) is 60.5 Å². The van der Waals surface area contributed by atoms with E-state index in [4.69, 9.17) is 10.5 Å². The van der Waals surface area contributed by atoms with Crippen LogP contribution >= 0.6 is 0 Å². The quantitative estimate of drug-likeness (QED) is 0.433. The van der Waals surface area contributed by atoms with Crippen LogP contribution in [0, 0.1) is 5.92 Å². The van der Waals surface area contributed by atoms with E-state index in [2.05, 4.69) is 20.3 Å². The Labute approximate surface area is 141 Å². The summed E-state index contributed by atoms with van der Waals surface area (Å²) in [5.41, 5.74) is 5.60. The van der Waals surface area contributed by atoms with Crippen molar-refractivity contribution in [3.63, 3.8) is 0 Å². The first-order valence-corrected chi connectivity index (χ1v) is 7.81. The number of nitrogens with zero attached hydrogens (tertiary/aromatic N) is 3. The van der Waals surface area contributed by atoms with E-state index in [0.717, 1.165) is 0 Å². The molecule has 2 aromatic rings. The number of fused-ring (bicyclic) bond motifs is 1. The molecule has 11 heteroatoms. The Bertz CT molecular complexity index is 846. The van der Waals surface area contributed by atoms with Crippen molar-refractivity contribution in [3.8, 4) is 0 Å². The highest BCUT2D eigenvalue weighted by Crippen LogP contribution is 2.29. The lowest BCUT2D eigenvalue weighted by atomic mass is 10.1. The Morgan fingerprint density at radius 1 is 1.56 bits per heavy atom. The van der Waals surface area contributed by atoms with Gasteiger partial charge in [-0.05, 0) is 0 Å². The molecule has 0 saturated carbocycles. The lowest BCUT2D eigenvalue weighted by molar-refractivity contribution is -0.118. The fraction of sp³-hybridized carbons (Fsp3) is 0.571. The molecule has 25 heavy (non-hydrogen) atoms. The Morgan fingerprint density at radius 2 is 2.28 bits per heavy atom. The van der Waals surface area contributed by atoms with Gasteiger partial charge in [-0.15, -0.1) is 0 Å². The number of carbonyl (C=O) groups is 1. The van der Waals surface area contributed by atoms with Crippen molar-refractivity contribution in [1.82, 2.24) is 19.5 Å². The van der Waals surface area contributed by atoms with Crippen molar-refractivity contribution in [2.45, 2.75) is 38.3 Å². The number of aromatic nitrogens is 4. The van der Waals surface area contributed by atoms with Gasteiger partial charge in [0.25, 0.3) is 5.56 Å². The van der Waals surface area contributed by atoms with Crippen LogP contribution < -0.4 is 16.6 Å². The second kappa shape index (κ2) is 6.52. The third-order valence-corrected chi connectivity index (χ3v) is 4.07. The van der Waals surface area contributed by atoms with Gasteiger partial charge in [0.05, 0.1) is 19.0 Å². The van der Waals surface area contributed by atoms with Crippen molar-refractivity contribution < 1.29 is 19.7 Å². The summed E-state index contributed by atoms with van der Waals surface area (Å²) >= 11 is 0. The average molecular weight is 352 g/mol. The second-order valence-corrected chi connectivity index (χ2v) is 6.20. The van der Waals surface area contributed by atoms with Gasteiger partial charge in [-0.1, -0.05) is 13.8 Å². The van der Waals surface area contributed by atoms with E-state index in [1.807, 2.05) is 0 Å². The number of anilines is 1. The van der Waals surface area contributed by atoms with Crippen molar-refractivity contribution in [3.05, 3.63) is 16.7 Å². The summed E-state index contributed by atoms with van der Waals surface area (Å²) in [6.45, 7) is 3.01. The number of imidazole rings is 1. The fourth-order valence-electron chi connectivity index (χ4n) is 2.60. The van der Waals surface area contributed by atoms with E-state index in [-0.39, 0.29) is 28.9 Å². The van der Waals surface area contributed by atoms with Crippen molar-refractivity contribution in [2.24, 2.45) is 11.7 Å². The normalized spacial score (nSPS) is 26.5. The minimum atomic E-state index is -1.07. The van der Waals surface area contributed by atoms with E-state index in [1.165, 1.54) is 10.9 Å². The summed E-state index contributed by atoms with van der Waals surface area (Å²) in [7, 11) is 0. The Balaban J connectivity index is 2.01. The molecule has 136 valence electrons. The van der Waals surface area contributed by atoms with Crippen molar-refractivity contribution >= 4 is 23.0 Å². The monoisotopic (exact) mass is 352 g/mol. The lowest BCUT2D eigenvalue weighted by Gasteiger charge is -2.17. The van der Waals surface area contributed by atoms with Crippen LogP contribution in [0.4, 0.5) is 5.95 Å². The first-order chi connectivity index (χ1) is 11.8. The number of aliphatic hydroxyl groups excluding tert-OH is 2. The third kappa shape index (κ3) is 3.02. The highest BCUT2D eigenvalue weighted by Gasteiger charge is 2.42. The van der Waals surface area contributed by atoms with Crippen LogP contribution in [0.5, 0.6) is 0 Å². The molecule has 0 unspecified atom stereocenters. The number of hydrogen-bond donors (Lipinski definition) is 5. The van der Waals surface area contributed by atoms with E-state index in [0.29, 0.717) is 0 Å². The molecule has 1 fully saturated rings. The van der Waals surface area contributed by atoms with Gasteiger partial charge in [-0.2, -0.15) is 4.98 Å². The van der Waals surface area contributed by atoms with Gasteiger partial charge in [0, 0.05) is 5.92 Å². The molecule has 0 bridgehead atoms. The summed E-state index contributed by atoms with van der Waals surface area (Å²) in [4.78, 5) is 34.6. The number of H-pyrrole nitrogens is 1. The predicted octanol–water partition coefficient (Wildman–Crippen LogP) is -1.71. The van der Waals surface area contributed by atoms with Gasteiger partial charge in [-0.3, -0.25) is 24.5 Å². The molecule has 1 aliphatic rings. The van der Waals surface area contributed by atoms with Crippen LogP contribution in [0.2, 0.25) is 0 Å². The van der Waals surface area contributed by atoms with Gasteiger partial charge < -0.3 is 20.7 Å². The first-order valence-electron chi connectivity index (χ1n) is 7.81. The van der Waals surface area contributed by atoms with Crippen molar-refractivity contribution in [1.29, 1.82) is 0 Å². The first kappa shape index (κ1) is 17.5. The molecule has 0 aliphatic carbocycles. The molecule has 3 rings (SSSR count). The van der Waals surface area contributed by atoms with Gasteiger partial charge in [0.1, 0.15) is 12.2 Å². The minimum Gasteiger partial charge on any atom is -0.394 e. The molecule has 11 nitrogen and oxygen atoms in total. The summed E-state index contributed by atoms with van der Waals surface area (Å²) in [5.74, 6) is -0.625. The topological polar surface area (TPSA) is 168 Å². The number of nitrogens with one attached hydrogen (secondary N) is 2. The molecular formula is C14H20N6O5. The second-order valence-electron chi connectivity index (χ2n) is 6.20. The van der Waals surface area contributed by atoms with E-state index in [9.17, 15) is 19.8 Å². The molecule has 2 aromatic heterocycles. The van der Waals surface area contributed by atoms with Crippen LogP contribution in [0.3, 0.4) is 0 Å². The molecule has 4 atom stereocenters. The number of aliphatic hydroxyl groups is 2. The standard InChI is InChI=1S/C14H20N6O5/c1-5(2)11(23)18-14-17-10-8(12(24)19-14)16-4-20(10)13-7(15)9(22)6(3-21)25-13/h4-7,9,13,21-22H,3,15H2,1-2H3,(H2,17,18,19,23,24)/t6-,7-,9-,13-/m1/s1. The number of aromatic amines is 1. The maximum absolute atomic E-state index is 12.2. The SMILES string of the molecule is CC(C)C(=O)Nc1nc2c(ncn2[C@@H]2O[C@H](CO)[C@@H](O)[C@H]2N)c(=O)[nH]1. The maximum Gasteiger partial charge on any atom is 0.280 e. The minimum absolute atomic E-state index is 0.0243. The molecule has 1 aliphatic heterocycles. The smallest absolute Gasteiger partial charge is 0.280 e. The van der Waals surface area contributed by atoms with Gasteiger partial charge in [0.2, 0.25) is 11.9 Å². The summed E-state index contributed by atoms with van der Waals surface area (Å²) < 4.78 is 6.95. The van der Waals surface area contributed by atoms with Crippen LogP contribution in [-0.2, 0) is 9.53 Å². The summed E-state index contributed by atoms with van der Waals surface area (Å²) in [6.07, 6.45) is -1.47. The van der Waals surface area contributed by atoms with Crippen LogP contribution in [0.1, 0.15) is 20.1 Å². The Kier molecular flexibility index (Phi) is 4.56. The molecular weight excluding hydrogens is 332 g/mol. The molecule has 0 radical (unpaired) electrons. The number of carbonyl (C=O) groups excluding carboxylic acids is 1. The van der Waals surface area contributed by atoms with Crippen LogP contribution in [0.25, 0.3) is 11.2 Å². The molecule has 0 spiro atoms. The largest absolute Gasteiger partial charge is 0.394 e. The summed E-state index contributed by atoms with van der Waals surface area (Å²) in [5, 5.41) is 21.8. The summed E-state index contributed by atoms with van der Waals surface area (Å²) in [6, 6.07) is -0.843. The Morgan fingerprint density at radius 3 is 2.88 bits per heavy atom. The van der Waals surface area contributed by atoms with E-state index >= 15 is 0 Å². The number of amides is 1. The zero-order chi connectivity index (χ0) is 18.3. The predicted molar refractivity (Wildman–Crippen MR) is 86.6 cm³/mol. The molecule has 1 amide bonds. The molecule has 0 aromatic carbocycles. The zero-order valence-electron chi connectivity index (χ0n) is 13.7. The van der Waals surface area contributed by atoms with Gasteiger partial charge in [-0.25, -0.2) is 4.98 Å². The molecule has 3 heterocycles. The fourth-order valence-corrected chi connectivity index (χ4v) is 2.60. The van der Waals surface area contributed by atoms with E-state index < -0.39 is 36.6 Å². The number of hydrogen-bond acceptors (Lipinski definition) is 8. The number of nitrogens with two attached hydrogens (primary N) is 1. The average Bonchev–Trinajstić information content (AvgIpc) is 3.10. The maximum atomic E-state index is 12.2. The zero-order valence-corrected chi connectivity index (χ0v) is 13.7. The van der Waals surface area contributed by atoms with Crippen LogP contribution in [0.15, 0.2) is 11.1 Å². The highest BCUT2D eigenvalue weighted by molar-refractivity contribution is 5.91. The van der Waals surface area contributed by atoms with E-state index in [1.54, 1.807) is 13.8 Å². The van der Waals surface area contributed by atoms with Crippen molar-refractivity contribution in [2.75, 3.05) is 11.9 Å². The van der Waals surface area contributed by atoms with Gasteiger partial charge >= 0.3 is 0 Å².